The van der Waals surface area contributed by atoms with Crippen LogP contribution in [0.4, 0.5) is 11.4 Å². The second-order valence-electron chi connectivity index (χ2n) is 4.90. The first kappa shape index (κ1) is 14.3. The highest BCUT2D eigenvalue weighted by Gasteiger charge is 2.17. The number of phenolic OH excluding ortho intramolecular Hbond substituents is 1. The van der Waals surface area contributed by atoms with E-state index in [1.54, 1.807) is 0 Å². The molecule has 1 aromatic rings. The highest BCUT2D eigenvalue weighted by Crippen LogP contribution is 2.28. The third kappa shape index (κ3) is 3.67. The first-order valence-electron chi connectivity index (χ1n) is 6.54. The lowest BCUT2D eigenvalue weighted by Crippen LogP contribution is -2.15. The zero-order chi connectivity index (χ0) is 14.5. The summed E-state index contributed by atoms with van der Waals surface area (Å²) in [7, 11) is 0. The Labute approximate surface area is 116 Å². The molecule has 3 N–H and O–H groups in total. The topological polar surface area (TPSA) is 104 Å². The van der Waals surface area contributed by atoms with Crippen LogP contribution < -0.4 is 10.6 Å². The second-order valence-corrected chi connectivity index (χ2v) is 4.90. The van der Waals surface area contributed by atoms with Gasteiger partial charge in [-0.1, -0.05) is 0 Å². The predicted octanol–water partition coefficient (Wildman–Crippen LogP) is 1.63. The van der Waals surface area contributed by atoms with E-state index in [1.165, 1.54) is 12.1 Å². The Hall–Kier alpha value is -2.15. The van der Waals surface area contributed by atoms with Crippen molar-refractivity contribution in [2.75, 3.05) is 18.4 Å². The van der Waals surface area contributed by atoms with Crippen molar-refractivity contribution >= 4 is 17.3 Å². The Morgan fingerprint density at radius 2 is 2.35 bits per heavy atom. The van der Waals surface area contributed by atoms with Crippen molar-refractivity contribution in [3.8, 4) is 5.75 Å². The molecule has 2 rings (SSSR count). The fraction of sp³-hybridized carbons (Fsp3) is 0.462. The van der Waals surface area contributed by atoms with E-state index in [2.05, 4.69) is 10.6 Å². The van der Waals surface area contributed by atoms with Crippen molar-refractivity contribution in [2.24, 2.45) is 5.92 Å². The maximum atomic E-state index is 11.8. The fourth-order valence-corrected chi connectivity index (χ4v) is 2.25. The summed E-state index contributed by atoms with van der Waals surface area (Å²) in [4.78, 5) is 21.7. The van der Waals surface area contributed by atoms with E-state index in [-0.39, 0.29) is 23.0 Å². The first-order valence-corrected chi connectivity index (χ1v) is 6.54. The van der Waals surface area contributed by atoms with Gasteiger partial charge in [0.2, 0.25) is 5.91 Å². The molecular formula is C13H17N3O4. The molecule has 0 saturated carbocycles. The highest BCUT2D eigenvalue weighted by atomic mass is 16.6. The van der Waals surface area contributed by atoms with Crippen LogP contribution in [0.1, 0.15) is 19.3 Å². The van der Waals surface area contributed by atoms with Crippen molar-refractivity contribution < 1.29 is 14.8 Å². The molecule has 1 fully saturated rings. The Morgan fingerprint density at radius 1 is 1.55 bits per heavy atom. The second kappa shape index (κ2) is 6.33. The van der Waals surface area contributed by atoms with Gasteiger partial charge in [-0.3, -0.25) is 14.9 Å². The Balaban J connectivity index is 1.88. The number of carbonyl (C=O) groups excluding carboxylic acids is 1. The number of hydrogen-bond acceptors (Lipinski definition) is 5. The van der Waals surface area contributed by atoms with Crippen LogP contribution in [0.2, 0.25) is 0 Å². The van der Waals surface area contributed by atoms with Gasteiger partial charge in [-0.25, -0.2) is 0 Å². The van der Waals surface area contributed by atoms with Crippen LogP contribution in [0.15, 0.2) is 18.2 Å². The smallest absolute Gasteiger partial charge is 0.273 e. The quantitative estimate of drug-likeness (QED) is 0.431. The lowest BCUT2D eigenvalue weighted by molar-refractivity contribution is -0.384. The molecule has 0 aliphatic carbocycles. The van der Waals surface area contributed by atoms with Crippen LogP contribution in [0.25, 0.3) is 0 Å². The van der Waals surface area contributed by atoms with E-state index in [0.717, 1.165) is 32.0 Å². The number of nitro groups is 1. The molecule has 1 heterocycles. The molecule has 1 aromatic carbocycles. The third-order valence-corrected chi connectivity index (χ3v) is 3.41. The van der Waals surface area contributed by atoms with Crippen molar-refractivity contribution in [1.82, 2.24) is 5.32 Å². The number of nitro benzene ring substituents is 1. The van der Waals surface area contributed by atoms with Gasteiger partial charge in [0.05, 0.1) is 16.7 Å². The normalized spacial score (nSPS) is 17.9. The van der Waals surface area contributed by atoms with Gasteiger partial charge in [0.25, 0.3) is 5.69 Å². The van der Waals surface area contributed by atoms with Gasteiger partial charge in [-0.05, 0) is 37.9 Å². The molecule has 0 aromatic heterocycles. The minimum absolute atomic E-state index is 0.193. The average molecular weight is 279 g/mol. The summed E-state index contributed by atoms with van der Waals surface area (Å²) in [6.07, 6.45) is 2.26. The number of phenols is 1. The molecule has 0 spiro atoms. The summed E-state index contributed by atoms with van der Waals surface area (Å²) in [5, 5.41) is 26.0. The summed E-state index contributed by atoms with van der Waals surface area (Å²) in [6.45, 7) is 1.94. The minimum atomic E-state index is -0.599. The standard InChI is InChI=1S/C13H17N3O4/c17-12-7-10(16(19)20)2-3-11(12)15-13(18)4-1-9-5-6-14-8-9/h2-3,7,9,14,17H,1,4-6,8H2,(H,15,18). The predicted molar refractivity (Wildman–Crippen MR) is 73.6 cm³/mol. The number of carbonyl (C=O) groups is 1. The van der Waals surface area contributed by atoms with E-state index in [0.29, 0.717) is 12.3 Å². The molecule has 0 radical (unpaired) electrons. The van der Waals surface area contributed by atoms with Crippen LogP contribution in [0.5, 0.6) is 5.75 Å². The van der Waals surface area contributed by atoms with E-state index in [4.69, 9.17) is 0 Å². The van der Waals surface area contributed by atoms with Crippen molar-refractivity contribution in [1.29, 1.82) is 0 Å². The molecular weight excluding hydrogens is 262 g/mol. The largest absolute Gasteiger partial charge is 0.506 e. The number of amides is 1. The number of aromatic hydroxyl groups is 1. The summed E-state index contributed by atoms with van der Waals surface area (Å²) < 4.78 is 0. The Morgan fingerprint density at radius 3 is 2.95 bits per heavy atom. The van der Waals surface area contributed by atoms with Crippen molar-refractivity contribution in [3.63, 3.8) is 0 Å². The van der Waals surface area contributed by atoms with Gasteiger partial charge in [0.1, 0.15) is 5.75 Å². The van der Waals surface area contributed by atoms with Crippen LogP contribution >= 0.6 is 0 Å². The molecule has 1 saturated heterocycles. The zero-order valence-corrected chi connectivity index (χ0v) is 11.0. The highest BCUT2D eigenvalue weighted by molar-refractivity contribution is 5.92. The fourth-order valence-electron chi connectivity index (χ4n) is 2.25. The molecule has 1 unspecified atom stereocenters. The summed E-state index contributed by atoms with van der Waals surface area (Å²) >= 11 is 0. The van der Waals surface area contributed by atoms with E-state index < -0.39 is 4.92 Å². The molecule has 108 valence electrons. The van der Waals surface area contributed by atoms with Crippen molar-refractivity contribution in [3.05, 3.63) is 28.3 Å². The number of nitrogens with one attached hydrogen (secondary N) is 2. The molecule has 1 amide bonds. The lowest BCUT2D eigenvalue weighted by atomic mass is 10.0. The van der Waals surface area contributed by atoms with E-state index in [9.17, 15) is 20.0 Å². The Bertz CT molecular complexity index is 512. The number of benzene rings is 1. The van der Waals surface area contributed by atoms with E-state index >= 15 is 0 Å². The van der Waals surface area contributed by atoms with Crippen LogP contribution in [0.3, 0.4) is 0 Å². The lowest BCUT2D eigenvalue weighted by Gasteiger charge is -2.09. The summed E-state index contributed by atoms with van der Waals surface area (Å²) in [5.41, 5.74) is -0.0114. The Kier molecular flexibility index (Phi) is 4.52. The number of anilines is 1. The maximum absolute atomic E-state index is 11.8. The maximum Gasteiger partial charge on any atom is 0.273 e. The van der Waals surface area contributed by atoms with Gasteiger partial charge < -0.3 is 15.7 Å². The van der Waals surface area contributed by atoms with Crippen LogP contribution in [-0.2, 0) is 4.79 Å². The zero-order valence-electron chi connectivity index (χ0n) is 11.0. The van der Waals surface area contributed by atoms with Crippen LogP contribution in [0, 0.1) is 16.0 Å². The van der Waals surface area contributed by atoms with Gasteiger partial charge in [0.15, 0.2) is 0 Å². The van der Waals surface area contributed by atoms with Gasteiger partial charge in [0, 0.05) is 12.5 Å². The average Bonchev–Trinajstić information content (AvgIpc) is 2.91. The molecule has 1 atom stereocenters. The molecule has 7 nitrogen and oxygen atoms in total. The van der Waals surface area contributed by atoms with Gasteiger partial charge in [-0.15, -0.1) is 0 Å². The third-order valence-electron chi connectivity index (χ3n) is 3.41. The number of non-ortho nitro benzene ring substituents is 1. The van der Waals surface area contributed by atoms with Crippen LogP contribution in [-0.4, -0.2) is 29.0 Å². The summed E-state index contributed by atoms with van der Waals surface area (Å²) in [6, 6.07) is 3.61. The molecule has 0 bridgehead atoms. The number of hydrogen-bond donors (Lipinski definition) is 3. The molecule has 20 heavy (non-hydrogen) atoms. The molecule has 1 aliphatic rings. The molecule has 7 heteroatoms. The SMILES string of the molecule is O=C(CCC1CCNC1)Nc1ccc([N+](=O)[O-])cc1O. The monoisotopic (exact) mass is 279 g/mol. The minimum Gasteiger partial charge on any atom is -0.506 e. The van der Waals surface area contributed by atoms with Gasteiger partial charge in [-0.2, -0.15) is 0 Å². The first-order chi connectivity index (χ1) is 9.56. The summed E-state index contributed by atoms with van der Waals surface area (Å²) in [5.74, 6) is 0.0299. The number of nitrogens with zero attached hydrogens (tertiary/aromatic N) is 1. The van der Waals surface area contributed by atoms with Gasteiger partial charge >= 0.3 is 0 Å². The molecule has 1 aliphatic heterocycles. The number of rotatable bonds is 5. The van der Waals surface area contributed by atoms with E-state index in [1.807, 2.05) is 0 Å². The van der Waals surface area contributed by atoms with Crippen molar-refractivity contribution in [2.45, 2.75) is 19.3 Å².